The van der Waals surface area contributed by atoms with Gasteiger partial charge in [-0.05, 0) is 54.2 Å². The fraction of sp³-hybridized carbons (Fsp3) is 0.0588. The molecule has 0 saturated carbocycles. The minimum atomic E-state index is -0.359. The van der Waals surface area contributed by atoms with Crippen LogP contribution in [0.2, 0.25) is 5.02 Å². The van der Waals surface area contributed by atoms with E-state index in [4.69, 9.17) is 18.0 Å². The molecule has 0 spiro atoms. The van der Waals surface area contributed by atoms with Gasteiger partial charge in [0.25, 0.3) is 11.1 Å². The summed E-state index contributed by atoms with van der Waals surface area (Å²) < 4.78 is 1.91. The Hall–Kier alpha value is -2.42. The standard InChI is InChI=1S/C17H11ClN2O2S/c1-2-9-20-16(21)15(23-17(20)22)11-14-4-3-10-19(14)13-7-5-12(18)6-8-13/h1,3-8,10-11H,9H2/b15-11-. The Morgan fingerprint density at radius 1 is 1.22 bits per heavy atom. The Morgan fingerprint density at radius 3 is 2.65 bits per heavy atom. The van der Waals surface area contributed by atoms with Gasteiger partial charge < -0.3 is 4.57 Å². The fourth-order valence-corrected chi connectivity index (χ4v) is 3.16. The number of carbonyl (C=O) groups is 2. The van der Waals surface area contributed by atoms with Gasteiger partial charge in [-0.25, -0.2) is 0 Å². The summed E-state index contributed by atoms with van der Waals surface area (Å²) in [5.41, 5.74) is 1.70. The number of amides is 2. The summed E-state index contributed by atoms with van der Waals surface area (Å²) in [6.45, 7) is -0.0137. The first-order valence-corrected chi connectivity index (χ1v) is 7.92. The van der Waals surface area contributed by atoms with E-state index in [1.54, 1.807) is 18.2 Å². The van der Waals surface area contributed by atoms with Crippen molar-refractivity contribution in [1.82, 2.24) is 9.47 Å². The van der Waals surface area contributed by atoms with Crippen molar-refractivity contribution in [3.63, 3.8) is 0 Å². The Labute approximate surface area is 142 Å². The molecule has 6 heteroatoms. The molecule has 1 aliphatic rings. The number of rotatable bonds is 3. The molecule has 0 unspecified atom stereocenters. The molecular formula is C17H11ClN2O2S. The highest BCUT2D eigenvalue weighted by Crippen LogP contribution is 2.32. The summed E-state index contributed by atoms with van der Waals surface area (Å²) >= 11 is 6.80. The zero-order valence-corrected chi connectivity index (χ0v) is 13.5. The molecule has 2 amide bonds. The number of thioether (sulfide) groups is 1. The van der Waals surface area contributed by atoms with Crippen LogP contribution in [-0.4, -0.2) is 27.2 Å². The van der Waals surface area contributed by atoms with Gasteiger partial charge in [-0.1, -0.05) is 17.5 Å². The highest BCUT2D eigenvalue weighted by molar-refractivity contribution is 8.18. The van der Waals surface area contributed by atoms with Crippen LogP contribution in [0.25, 0.3) is 11.8 Å². The number of hydrogen-bond donors (Lipinski definition) is 0. The molecule has 4 nitrogen and oxygen atoms in total. The van der Waals surface area contributed by atoms with Crippen molar-refractivity contribution in [3.8, 4) is 18.0 Å². The van der Waals surface area contributed by atoms with Crippen molar-refractivity contribution >= 4 is 40.6 Å². The van der Waals surface area contributed by atoms with Crippen molar-refractivity contribution in [2.45, 2.75) is 0 Å². The SMILES string of the molecule is C#CCN1C(=O)S/C(=C\c2cccn2-c2ccc(Cl)cc2)C1=O. The third kappa shape index (κ3) is 3.04. The van der Waals surface area contributed by atoms with Gasteiger partial charge in [0.2, 0.25) is 0 Å². The summed E-state index contributed by atoms with van der Waals surface area (Å²) in [5, 5.41) is 0.307. The second kappa shape index (κ2) is 6.37. The molecule has 23 heavy (non-hydrogen) atoms. The predicted octanol–water partition coefficient (Wildman–Crippen LogP) is 3.80. The summed E-state index contributed by atoms with van der Waals surface area (Å²) in [4.78, 5) is 25.5. The topological polar surface area (TPSA) is 42.3 Å². The van der Waals surface area contributed by atoms with E-state index in [0.717, 1.165) is 28.0 Å². The molecule has 0 aliphatic carbocycles. The molecule has 1 fully saturated rings. The van der Waals surface area contributed by atoms with Gasteiger partial charge in [0.1, 0.15) is 0 Å². The number of hydrogen-bond acceptors (Lipinski definition) is 3. The molecule has 114 valence electrons. The van der Waals surface area contributed by atoms with E-state index in [-0.39, 0.29) is 17.7 Å². The minimum absolute atomic E-state index is 0.0137. The van der Waals surface area contributed by atoms with E-state index >= 15 is 0 Å². The van der Waals surface area contributed by atoms with Crippen LogP contribution < -0.4 is 0 Å². The molecule has 0 bridgehead atoms. The Kier molecular flexibility index (Phi) is 4.28. The lowest BCUT2D eigenvalue weighted by molar-refractivity contribution is -0.122. The van der Waals surface area contributed by atoms with E-state index in [1.807, 2.05) is 35.0 Å². The first-order chi connectivity index (χ1) is 11.1. The van der Waals surface area contributed by atoms with Gasteiger partial charge in [-0.15, -0.1) is 6.42 Å². The lowest BCUT2D eigenvalue weighted by Gasteiger charge is -2.08. The third-order valence-corrected chi connectivity index (χ3v) is 4.45. The normalized spacial score (nSPS) is 16.2. The molecule has 3 rings (SSSR count). The van der Waals surface area contributed by atoms with E-state index in [2.05, 4.69) is 5.92 Å². The zero-order chi connectivity index (χ0) is 16.4. The average molecular weight is 343 g/mol. The van der Waals surface area contributed by atoms with Crippen LogP contribution in [0.1, 0.15) is 5.69 Å². The Morgan fingerprint density at radius 2 is 1.96 bits per heavy atom. The highest BCUT2D eigenvalue weighted by atomic mass is 35.5. The Balaban J connectivity index is 1.94. The van der Waals surface area contributed by atoms with Crippen molar-refractivity contribution in [3.05, 3.63) is 58.2 Å². The van der Waals surface area contributed by atoms with Gasteiger partial charge in [0, 0.05) is 22.6 Å². The highest BCUT2D eigenvalue weighted by Gasteiger charge is 2.34. The molecule has 0 N–H and O–H groups in total. The van der Waals surface area contributed by atoms with Crippen LogP contribution in [0.5, 0.6) is 0 Å². The molecule has 1 aromatic carbocycles. The van der Waals surface area contributed by atoms with Crippen LogP contribution in [0.15, 0.2) is 47.5 Å². The van der Waals surface area contributed by atoms with Crippen LogP contribution in [0.3, 0.4) is 0 Å². The van der Waals surface area contributed by atoms with E-state index in [0.29, 0.717) is 9.93 Å². The maximum Gasteiger partial charge on any atom is 0.294 e. The molecule has 2 heterocycles. The predicted molar refractivity (Wildman–Crippen MR) is 92.3 cm³/mol. The minimum Gasteiger partial charge on any atom is -0.317 e. The van der Waals surface area contributed by atoms with Crippen molar-refractivity contribution in [2.24, 2.45) is 0 Å². The van der Waals surface area contributed by atoms with Gasteiger partial charge >= 0.3 is 0 Å². The van der Waals surface area contributed by atoms with Gasteiger partial charge in [0.15, 0.2) is 0 Å². The van der Waals surface area contributed by atoms with Crippen LogP contribution in [0.4, 0.5) is 4.79 Å². The van der Waals surface area contributed by atoms with Crippen molar-refractivity contribution in [2.75, 3.05) is 6.54 Å². The van der Waals surface area contributed by atoms with E-state index in [9.17, 15) is 9.59 Å². The molecule has 0 radical (unpaired) electrons. The number of carbonyl (C=O) groups excluding carboxylic acids is 2. The number of nitrogens with zero attached hydrogens (tertiary/aromatic N) is 2. The maximum atomic E-state index is 12.2. The molecule has 1 saturated heterocycles. The quantitative estimate of drug-likeness (QED) is 0.629. The van der Waals surface area contributed by atoms with E-state index in [1.165, 1.54) is 0 Å². The van der Waals surface area contributed by atoms with Gasteiger partial charge in [0.05, 0.1) is 11.4 Å². The fourth-order valence-electron chi connectivity index (χ4n) is 2.21. The first kappa shape index (κ1) is 15.5. The molecule has 1 aliphatic heterocycles. The second-order valence-corrected chi connectivity index (χ2v) is 6.18. The number of terminal acetylenes is 1. The van der Waals surface area contributed by atoms with Crippen LogP contribution in [0, 0.1) is 12.3 Å². The number of benzene rings is 1. The zero-order valence-electron chi connectivity index (χ0n) is 11.9. The van der Waals surface area contributed by atoms with Crippen LogP contribution in [-0.2, 0) is 4.79 Å². The smallest absolute Gasteiger partial charge is 0.294 e. The lowest BCUT2D eigenvalue weighted by Crippen LogP contribution is -2.28. The van der Waals surface area contributed by atoms with Crippen molar-refractivity contribution in [1.29, 1.82) is 0 Å². The van der Waals surface area contributed by atoms with Gasteiger partial charge in [-0.2, -0.15) is 0 Å². The first-order valence-electron chi connectivity index (χ1n) is 6.72. The monoisotopic (exact) mass is 342 g/mol. The largest absolute Gasteiger partial charge is 0.317 e. The molecule has 0 atom stereocenters. The lowest BCUT2D eigenvalue weighted by atomic mass is 10.3. The summed E-state index contributed by atoms with van der Waals surface area (Å²) in [6.07, 6.45) is 8.75. The Bertz CT molecular complexity index is 846. The van der Waals surface area contributed by atoms with Crippen molar-refractivity contribution < 1.29 is 9.59 Å². The summed E-state index contributed by atoms with van der Waals surface area (Å²) in [6, 6.07) is 11.1. The average Bonchev–Trinajstić information content (AvgIpc) is 3.09. The summed E-state index contributed by atoms with van der Waals surface area (Å²) in [7, 11) is 0. The van der Waals surface area contributed by atoms with Gasteiger partial charge in [-0.3, -0.25) is 14.5 Å². The molecule has 1 aromatic heterocycles. The number of halogens is 1. The molecular weight excluding hydrogens is 332 g/mol. The maximum absolute atomic E-state index is 12.2. The second-order valence-electron chi connectivity index (χ2n) is 4.75. The van der Waals surface area contributed by atoms with Crippen LogP contribution >= 0.6 is 23.4 Å². The summed E-state index contributed by atoms with van der Waals surface area (Å²) in [5.74, 6) is 1.96. The third-order valence-electron chi connectivity index (χ3n) is 3.29. The number of imide groups is 1. The molecule has 2 aromatic rings. The van der Waals surface area contributed by atoms with E-state index < -0.39 is 0 Å². The number of aromatic nitrogens is 1.